The molecule has 1 saturated heterocycles. The molecule has 0 aromatic heterocycles. The highest BCUT2D eigenvalue weighted by Crippen LogP contribution is 2.24. The first-order valence-electron chi connectivity index (χ1n) is 6.56. The summed E-state index contributed by atoms with van der Waals surface area (Å²) in [6.07, 6.45) is 0.970. The van der Waals surface area contributed by atoms with E-state index in [1.165, 1.54) is 12.1 Å². The van der Waals surface area contributed by atoms with Gasteiger partial charge in [0.25, 0.3) is 5.91 Å². The maximum atomic E-state index is 13.5. The molecule has 110 valence electrons. The van der Waals surface area contributed by atoms with E-state index in [0.717, 1.165) is 17.9 Å². The molecular formula is C14H19FN2O2S. The van der Waals surface area contributed by atoms with Crippen molar-refractivity contribution in [2.45, 2.75) is 12.5 Å². The van der Waals surface area contributed by atoms with E-state index in [1.54, 1.807) is 18.1 Å². The van der Waals surface area contributed by atoms with Crippen LogP contribution in [-0.4, -0.2) is 48.6 Å². The number of carbonyl (C=O) groups is 1. The summed E-state index contributed by atoms with van der Waals surface area (Å²) in [4.78, 5) is 14.3. The van der Waals surface area contributed by atoms with Crippen molar-refractivity contribution in [3.05, 3.63) is 29.6 Å². The van der Waals surface area contributed by atoms with Crippen LogP contribution in [0, 0.1) is 5.82 Å². The summed E-state index contributed by atoms with van der Waals surface area (Å²) in [5.74, 6) is 1.27. The van der Waals surface area contributed by atoms with Gasteiger partial charge in [-0.2, -0.15) is 11.8 Å². The number of ether oxygens (including phenoxy) is 1. The zero-order valence-corrected chi connectivity index (χ0v) is 12.3. The molecule has 0 radical (unpaired) electrons. The van der Waals surface area contributed by atoms with Gasteiger partial charge in [-0.1, -0.05) is 0 Å². The fourth-order valence-corrected chi connectivity index (χ4v) is 3.46. The van der Waals surface area contributed by atoms with E-state index in [-0.39, 0.29) is 17.6 Å². The normalized spacial score (nSPS) is 18.2. The fraction of sp³-hybridized carbons (Fsp3) is 0.500. The molecule has 1 unspecified atom stereocenters. The van der Waals surface area contributed by atoms with Gasteiger partial charge in [-0.15, -0.1) is 0 Å². The second-order valence-electron chi connectivity index (χ2n) is 4.75. The maximum Gasteiger partial charge on any atom is 0.254 e. The van der Waals surface area contributed by atoms with Crippen LogP contribution in [0.3, 0.4) is 0 Å². The second kappa shape index (κ2) is 6.95. The fourth-order valence-electron chi connectivity index (χ4n) is 2.23. The number of nitrogens with two attached hydrogens (primary N) is 1. The van der Waals surface area contributed by atoms with Gasteiger partial charge in [-0.3, -0.25) is 4.79 Å². The van der Waals surface area contributed by atoms with Crippen molar-refractivity contribution in [3.63, 3.8) is 0 Å². The Hall–Kier alpha value is -1.27. The topological polar surface area (TPSA) is 55.6 Å². The van der Waals surface area contributed by atoms with Gasteiger partial charge < -0.3 is 15.4 Å². The summed E-state index contributed by atoms with van der Waals surface area (Å²) in [5, 5.41) is 0. The highest BCUT2D eigenvalue weighted by atomic mass is 32.2. The van der Waals surface area contributed by atoms with Gasteiger partial charge in [-0.25, -0.2) is 4.39 Å². The molecular weight excluding hydrogens is 279 g/mol. The smallest absolute Gasteiger partial charge is 0.254 e. The quantitative estimate of drug-likeness (QED) is 0.845. The average molecular weight is 298 g/mol. The van der Waals surface area contributed by atoms with Crippen LogP contribution in [0.15, 0.2) is 18.2 Å². The van der Waals surface area contributed by atoms with E-state index in [1.807, 2.05) is 11.8 Å². The number of thioether (sulfide) groups is 1. The molecule has 1 aliphatic heterocycles. The van der Waals surface area contributed by atoms with Crippen molar-refractivity contribution in [2.75, 3.05) is 37.5 Å². The van der Waals surface area contributed by atoms with Crippen molar-refractivity contribution in [1.29, 1.82) is 0 Å². The van der Waals surface area contributed by atoms with Crippen molar-refractivity contribution in [1.82, 2.24) is 4.90 Å². The van der Waals surface area contributed by atoms with Crippen molar-refractivity contribution < 1.29 is 13.9 Å². The monoisotopic (exact) mass is 298 g/mol. The standard InChI is InChI=1S/C14H19FN2O2S/c1-19-6-5-17(11-4-7-20-9-11)14(18)10-2-3-13(16)12(15)8-10/h2-3,8,11H,4-7,9,16H2,1H3. The van der Waals surface area contributed by atoms with Gasteiger partial charge in [0.1, 0.15) is 5.82 Å². The predicted octanol–water partition coefficient (Wildman–Crippen LogP) is 2.00. The number of nitrogen functional groups attached to an aromatic ring is 1. The molecule has 1 aromatic rings. The molecule has 2 rings (SSSR count). The van der Waals surface area contributed by atoms with E-state index in [2.05, 4.69) is 0 Å². The largest absolute Gasteiger partial charge is 0.396 e. The summed E-state index contributed by atoms with van der Waals surface area (Å²) in [5.41, 5.74) is 5.84. The molecule has 20 heavy (non-hydrogen) atoms. The summed E-state index contributed by atoms with van der Waals surface area (Å²) in [7, 11) is 1.61. The first-order valence-corrected chi connectivity index (χ1v) is 7.71. The number of nitrogens with zero attached hydrogens (tertiary/aromatic N) is 1. The van der Waals surface area contributed by atoms with Gasteiger partial charge in [0.2, 0.25) is 0 Å². The Balaban J connectivity index is 2.17. The SMILES string of the molecule is COCCN(C(=O)c1ccc(N)c(F)c1)C1CCSC1. The van der Waals surface area contributed by atoms with Crippen LogP contribution in [0.5, 0.6) is 0 Å². The lowest BCUT2D eigenvalue weighted by Gasteiger charge is -2.28. The molecule has 0 bridgehead atoms. The Morgan fingerprint density at radius 1 is 1.60 bits per heavy atom. The van der Waals surface area contributed by atoms with Crippen LogP contribution in [0.4, 0.5) is 10.1 Å². The maximum absolute atomic E-state index is 13.5. The molecule has 1 aliphatic rings. The molecule has 1 amide bonds. The number of halogens is 1. The predicted molar refractivity (Wildman–Crippen MR) is 79.5 cm³/mol. The number of carbonyl (C=O) groups excluding carboxylic acids is 1. The van der Waals surface area contributed by atoms with Gasteiger partial charge in [-0.05, 0) is 30.4 Å². The number of methoxy groups -OCH3 is 1. The van der Waals surface area contributed by atoms with Crippen LogP contribution in [0.25, 0.3) is 0 Å². The third-order valence-electron chi connectivity index (χ3n) is 3.39. The second-order valence-corrected chi connectivity index (χ2v) is 5.89. The molecule has 0 aliphatic carbocycles. The Morgan fingerprint density at radius 2 is 2.40 bits per heavy atom. The highest BCUT2D eigenvalue weighted by Gasteiger charge is 2.27. The third kappa shape index (κ3) is 3.43. The van der Waals surface area contributed by atoms with E-state index in [4.69, 9.17) is 10.5 Å². The number of anilines is 1. The van der Waals surface area contributed by atoms with Gasteiger partial charge >= 0.3 is 0 Å². The molecule has 1 atom stereocenters. The van der Waals surface area contributed by atoms with E-state index < -0.39 is 5.82 Å². The van der Waals surface area contributed by atoms with E-state index in [9.17, 15) is 9.18 Å². The molecule has 6 heteroatoms. The van der Waals surface area contributed by atoms with Crippen LogP contribution in [0.1, 0.15) is 16.8 Å². The molecule has 1 heterocycles. The number of hydrogen-bond donors (Lipinski definition) is 1. The van der Waals surface area contributed by atoms with Crippen LogP contribution in [-0.2, 0) is 4.74 Å². The zero-order chi connectivity index (χ0) is 14.5. The van der Waals surface area contributed by atoms with E-state index in [0.29, 0.717) is 18.7 Å². The van der Waals surface area contributed by atoms with Gasteiger partial charge in [0, 0.05) is 31.0 Å². The Morgan fingerprint density at radius 3 is 3.00 bits per heavy atom. The summed E-state index contributed by atoms with van der Waals surface area (Å²) in [6, 6.07) is 4.41. The van der Waals surface area contributed by atoms with Crippen molar-refractivity contribution >= 4 is 23.4 Å². The summed E-state index contributed by atoms with van der Waals surface area (Å²) >= 11 is 1.83. The molecule has 0 spiro atoms. The lowest BCUT2D eigenvalue weighted by Crippen LogP contribution is -2.42. The van der Waals surface area contributed by atoms with E-state index >= 15 is 0 Å². The van der Waals surface area contributed by atoms with Gasteiger partial charge in [0.05, 0.1) is 12.3 Å². The molecule has 4 nitrogen and oxygen atoms in total. The first-order chi connectivity index (χ1) is 9.63. The minimum Gasteiger partial charge on any atom is -0.396 e. The highest BCUT2D eigenvalue weighted by molar-refractivity contribution is 7.99. The van der Waals surface area contributed by atoms with Crippen molar-refractivity contribution in [2.24, 2.45) is 0 Å². The lowest BCUT2D eigenvalue weighted by atomic mass is 10.1. The zero-order valence-electron chi connectivity index (χ0n) is 11.5. The van der Waals surface area contributed by atoms with Crippen LogP contribution >= 0.6 is 11.8 Å². The van der Waals surface area contributed by atoms with Crippen LogP contribution in [0.2, 0.25) is 0 Å². The first kappa shape index (κ1) is 15.1. The van der Waals surface area contributed by atoms with Crippen molar-refractivity contribution in [3.8, 4) is 0 Å². The summed E-state index contributed by atoms with van der Waals surface area (Å²) in [6.45, 7) is 0.997. The minimum absolute atomic E-state index is 0.0569. The average Bonchev–Trinajstić information content (AvgIpc) is 2.96. The molecule has 2 N–H and O–H groups in total. The number of rotatable bonds is 5. The lowest BCUT2D eigenvalue weighted by molar-refractivity contribution is 0.0624. The Labute approximate surface area is 122 Å². The number of hydrogen-bond acceptors (Lipinski definition) is 4. The minimum atomic E-state index is -0.552. The third-order valence-corrected chi connectivity index (χ3v) is 4.54. The number of benzene rings is 1. The molecule has 1 fully saturated rings. The summed E-state index contributed by atoms with van der Waals surface area (Å²) < 4.78 is 18.6. The number of amides is 1. The Bertz CT molecular complexity index is 478. The van der Waals surface area contributed by atoms with Gasteiger partial charge in [0.15, 0.2) is 0 Å². The molecule has 0 saturated carbocycles. The van der Waals surface area contributed by atoms with Crippen LogP contribution < -0.4 is 5.73 Å². The Kier molecular flexibility index (Phi) is 5.25. The molecule has 1 aromatic carbocycles.